The number of rotatable bonds is 5. The van der Waals surface area contributed by atoms with Crippen molar-refractivity contribution < 1.29 is 108 Å². The standard InChI is InChI=1S/C10H13.C4H5F5.CF4.CH2F2O.2CH2F2.CH3F.11CH4.Y/c1-3-9(2)10-7-5-4-6-8-10;5-3(6)1-2-4(7,8)9;2-1(3,4)5;2-1-4-3;2*2-1-3;1-2;;;;;;;;;;;;/h5-9H,3H2,1-2H3;3H,1-2H2;;1H2;2*1H2;1H3;11*1H4;/q-1;;;;;;;;;;;;;;;;;;. The van der Waals surface area contributed by atoms with E-state index in [-0.39, 0.29) is 114 Å². The van der Waals surface area contributed by atoms with Crippen molar-refractivity contribution in [2.75, 3.05) is 27.9 Å². The fourth-order valence-corrected chi connectivity index (χ4v) is 1.24. The number of alkyl halides is 15. The van der Waals surface area contributed by atoms with Gasteiger partial charge in [-0.25, -0.2) is 30.7 Å². The van der Waals surface area contributed by atoms with Gasteiger partial charge in [-0.2, -0.15) is 54.0 Å². The van der Waals surface area contributed by atoms with E-state index in [1.54, 1.807) is 0 Å². The van der Waals surface area contributed by atoms with Gasteiger partial charge < -0.3 is 0 Å². The molecule has 1 unspecified atom stereocenters. The Morgan fingerprint density at radius 2 is 0.896 bits per heavy atom. The molecule has 0 amide bonds. The average molecular weight is 841 g/mol. The molecule has 1 aromatic rings. The van der Waals surface area contributed by atoms with E-state index in [0.29, 0.717) is 13.1 Å². The summed E-state index contributed by atoms with van der Waals surface area (Å²) in [6.45, 7) is -0.392. The minimum atomic E-state index is -5.50. The maximum Gasteiger partial charge on any atom is 0.559 e. The second kappa shape index (κ2) is 91.0. The molecule has 18 heteroatoms. The van der Waals surface area contributed by atoms with Gasteiger partial charge >= 0.3 is 12.6 Å². The van der Waals surface area contributed by atoms with Crippen molar-refractivity contribution in [1.82, 2.24) is 0 Å². The summed E-state index contributed by atoms with van der Waals surface area (Å²) in [5.41, 5.74) is 1.42. The summed E-state index contributed by atoms with van der Waals surface area (Å²) in [5, 5.41) is 0. The maximum absolute atomic E-state index is 11.1. The monoisotopic (exact) mass is 840 g/mol. The molecule has 1 nitrogen and oxygen atoms in total. The summed E-state index contributed by atoms with van der Waals surface area (Å²) < 4.78 is 162. The van der Waals surface area contributed by atoms with Crippen LogP contribution < -0.4 is 0 Å². The molecule has 0 aliphatic rings. The summed E-state index contributed by atoms with van der Waals surface area (Å²) in [7, 11) is 0.500. The molecule has 313 valence electrons. The van der Waals surface area contributed by atoms with Crippen LogP contribution in [0.25, 0.3) is 0 Å². The van der Waals surface area contributed by atoms with Gasteiger partial charge in [0, 0.05) is 45.6 Å². The van der Waals surface area contributed by atoms with Crippen LogP contribution in [-0.2, 0) is 37.7 Å². The normalized spacial score (nSPS) is 7.83. The fourth-order valence-electron chi connectivity index (χ4n) is 1.24. The Balaban J connectivity index is -0.0000000139. The zero-order valence-corrected chi connectivity index (χ0v) is 22.6. The molecular formula is C30H71F16OY-. The Morgan fingerprint density at radius 1 is 0.667 bits per heavy atom. The number of benzene rings is 1. The van der Waals surface area contributed by atoms with Gasteiger partial charge in [-0.05, 0) is 10.4 Å². The summed E-state index contributed by atoms with van der Waals surface area (Å²) in [6.07, 6.45) is -14.1. The van der Waals surface area contributed by atoms with Crippen LogP contribution in [-0.4, -0.2) is 46.9 Å². The van der Waals surface area contributed by atoms with Gasteiger partial charge in [-0.15, -0.1) is 17.6 Å². The second-order valence-electron chi connectivity index (χ2n) is 5.04. The Labute approximate surface area is 310 Å². The maximum atomic E-state index is 11.1. The van der Waals surface area contributed by atoms with Gasteiger partial charge in [0.25, 0.3) is 0 Å². The van der Waals surface area contributed by atoms with E-state index < -0.39 is 52.6 Å². The van der Waals surface area contributed by atoms with E-state index in [9.17, 15) is 70.4 Å². The first-order chi connectivity index (χ1) is 16.5. The predicted octanol–water partition coefficient (Wildman–Crippen LogP) is 17.2. The van der Waals surface area contributed by atoms with Crippen LogP contribution in [0.15, 0.2) is 24.3 Å². The van der Waals surface area contributed by atoms with Crippen LogP contribution >= 0.6 is 0 Å². The Kier molecular flexibility index (Phi) is 224. The zero-order valence-electron chi connectivity index (χ0n) is 19.7. The van der Waals surface area contributed by atoms with E-state index in [2.05, 4.69) is 37.0 Å². The minimum absolute atomic E-state index is 0. The van der Waals surface area contributed by atoms with Crippen molar-refractivity contribution in [3.63, 3.8) is 0 Å². The molecule has 0 aromatic heterocycles. The smallest absolute Gasteiger partial charge is 0.255 e. The molecule has 0 saturated carbocycles. The predicted molar refractivity (Wildman–Crippen MR) is 176 cm³/mol. The molecule has 48 heavy (non-hydrogen) atoms. The molecule has 0 fully saturated rings. The van der Waals surface area contributed by atoms with Crippen molar-refractivity contribution >= 4 is 0 Å². The third kappa shape index (κ3) is 217. The summed E-state index contributed by atoms with van der Waals surface area (Å²) in [5.74, 6) is 0.689. The first-order valence-corrected chi connectivity index (χ1v) is 8.98. The van der Waals surface area contributed by atoms with E-state index in [1.807, 2.05) is 12.1 Å². The Hall–Kier alpha value is -0.836. The largest absolute Gasteiger partial charge is 0.559 e. The van der Waals surface area contributed by atoms with Gasteiger partial charge in [0.15, 0.2) is 0 Å². The Morgan fingerprint density at radius 3 is 1.02 bits per heavy atom. The van der Waals surface area contributed by atoms with Gasteiger partial charge in [0.2, 0.25) is 27.1 Å². The van der Waals surface area contributed by atoms with Crippen LogP contribution in [0.3, 0.4) is 0 Å². The van der Waals surface area contributed by atoms with Gasteiger partial charge in [-0.3, -0.25) is 4.39 Å². The zero-order chi connectivity index (χ0) is 30.2. The number of hydrogen-bond acceptors (Lipinski definition) is 1. The fraction of sp³-hybridized carbons (Fsp3) is 0.800. The van der Waals surface area contributed by atoms with Crippen molar-refractivity contribution in [3.05, 3.63) is 35.9 Å². The molecule has 1 radical (unpaired) electrons. The van der Waals surface area contributed by atoms with E-state index in [4.69, 9.17) is 0 Å². The van der Waals surface area contributed by atoms with E-state index >= 15 is 0 Å². The second-order valence-corrected chi connectivity index (χ2v) is 5.04. The van der Waals surface area contributed by atoms with Gasteiger partial charge in [0.1, 0.15) is 0 Å². The molecule has 0 saturated heterocycles. The van der Waals surface area contributed by atoms with E-state index in [0.717, 1.165) is 0 Å². The van der Waals surface area contributed by atoms with Crippen LogP contribution in [0, 0.1) is 6.07 Å². The van der Waals surface area contributed by atoms with Crippen molar-refractivity contribution in [2.45, 2.75) is 140 Å². The SMILES string of the molecule is C.C.C.C.C.C.C.C.C.C.C.CCC(C)c1cc[c-]cc1.CF.FC(F)(F)F.FC(F)CCC(F)(F)F.FCF.FCF.FCOF.[Y]. The van der Waals surface area contributed by atoms with Crippen LogP contribution in [0.5, 0.6) is 0 Å². The molecule has 1 aromatic carbocycles. The first-order valence-electron chi connectivity index (χ1n) is 8.98. The van der Waals surface area contributed by atoms with Crippen molar-refractivity contribution in [1.29, 1.82) is 0 Å². The number of halogens is 16. The van der Waals surface area contributed by atoms with Crippen LogP contribution in [0.1, 0.15) is 126 Å². The molecule has 0 aliphatic heterocycles. The quantitative estimate of drug-likeness (QED) is 0.212. The topological polar surface area (TPSA) is 9.23 Å². The van der Waals surface area contributed by atoms with Crippen molar-refractivity contribution in [3.8, 4) is 0 Å². The summed E-state index contributed by atoms with van der Waals surface area (Å²) >= 11 is 0. The summed E-state index contributed by atoms with van der Waals surface area (Å²) in [6, 6.07) is 11.2. The molecule has 0 bridgehead atoms. The van der Waals surface area contributed by atoms with Crippen LogP contribution in [0.2, 0.25) is 0 Å². The van der Waals surface area contributed by atoms with Crippen molar-refractivity contribution in [2.24, 2.45) is 0 Å². The molecular weight excluding hydrogens is 769 g/mol. The molecule has 0 heterocycles. The molecule has 1 atom stereocenters. The van der Waals surface area contributed by atoms with Gasteiger partial charge in [0.05, 0.1) is 7.18 Å². The third-order valence-corrected chi connectivity index (χ3v) is 2.61. The van der Waals surface area contributed by atoms with Crippen LogP contribution in [0.4, 0.5) is 70.4 Å². The Bertz CT molecular complexity index is 474. The first kappa shape index (κ1) is 118. The molecule has 0 aliphatic carbocycles. The molecule has 0 spiro atoms. The van der Waals surface area contributed by atoms with Gasteiger partial charge in [-0.1, -0.05) is 102 Å². The van der Waals surface area contributed by atoms with E-state index in [1.165, 1.54) is 12.0 Å². The summed E-state index contributed by atoms with van der Waals surface area (Å²) in [4.78, 5) is 2.38. The third-order valence-electron chi connectivity index (χ3n) is 2.61. The number of hydrogen-bond donors (Lipinski definition) is 0. The average Bonchev–Trinajstić information content (AvgIpc) is 2.79. The molecule has 0 N–H and O–H groups in total. The molecule has 1 rings (SSSR count). The minimum Gasteiger partial charge on any atom is -0.255 e.